The van der Waals surface area contributed by atoms with Gasteiger partial charge in [-0.3, -0.25) is 0 Å². The third-order valence-electron chi connectivity index (χ3n) is 2.23. The molecule has 66 valence electrons. The van der Waals surface area contributed by atoms with Crippen molar-refractivity contribution >= 4 is 0 Å². The van der Waals surface area contributed by atoms with Crippen LogP contribution in [0.3, 0.4) is 0 Å². The van der Waals surface area contributed by atoms with E-state index in [0.29, 0.717) is 13.1 Å². The fourth-order valence-electron chi connectivity index (χ4n) is 1.60. The lowest BCUT2D eigenvalue weighted by Crippen LogP contribution is -2.23. The molecule has 1 fully saturated rings. The maximum Gasteiger partial charge on any atom is 0.243 e. The van der Waals surface area contributed by atoms with Crippen LogP contribution in [0.1, 0.15) is 0 Å². The van der Waals surface area contributed by atoms with E-state index in [9.17, 15) is 8.78 Å². The second-order valence-electron chi connectivity index (χ2n) is 3.16. The van der Waals surface area contributed by atoms with Gasteiger partial charge in [0, 0.05) is 31.5 Å². The lowest BCUT2D eigenvalue weighted by atomic mass is 9.98. The van der Waals surface area contributed by atoms with Crippen molar-refractivity contribution in [2.24, 2.45) is 11.8 Å². The van der Waals surface area contributed by atoms with Gasteiger partial charge >= 0.3 is 0 Å². The van der Waals surface area contributed by atoms with Crippen molar-refractivity contribution in [1.82, 2.24) is 4.90 Å². The molecule has 11 heavy (non-hydrogen) atoms. The molecule has 2 atom stereocenters. The van der Waals surface area contributed by atoms with Crippen molar-refractivity contribution in [3.63, 3.8) is 0 Å². The number of aliphatic hydroxyl groups is 1. The number of hydrogen-bond donors (Lipinski definition) is 1. The smallest absolute Gasteiger partial charge is 0.243 e. The minimum Gasteiger partial charge on any atom is -0.396 e. The number of likely N-dealkylation sites (tertiary alicyclic amines) is 1. The molecule has 0 aliphatic carbocycles. The Morgan fingerprint density at radius 3 is 2.55 bits per heavy atom. The number of rotatable bonds is 2. The lowest BCUT2D eigenvalue weighted by Gasteiger charge is -2.13. The molecule has 0 saturated carbocycles. The Kier molecular flexibility index (Phi) is 2.78. The zero-order chi connectivity index (χ0) is 8.43. The van der Waals surface area contributed by atoms with Gasteiger partial charge in [0.25, 0.3) is 0 Å². The molecule has 0 bridgehead atoms. The first-order chi connectivity index (χ1) is 5.15. The van der Waals surface area contributed by atoms with Crippen LogP contribution in [0.25, 0.3) is 0 Å². The van der Waals surface area contributed by atoms with Gasteiger partial charge in [0.1, 0.15) is 0 Å². The van der Waals surface area contributed by atoms with Gasteiger partial charge in [0.05, 0.1) is 0 Å². The van der Waals surface area contributed by atoms with Crippen LogP contribution in [0.15, 0.2) is 0 Å². The van der Waals surface area contributed by atoms with Crippen LogP contribution in [0.2, 0.25) is 0 Å². The predicted octanol–water partition coefficient (Wildman–Crippen LogP) is 0.422. The van der Waals surface area contributed by atoms with Crippen molar-refractivity contribution in [2.45, 2.75) is 6.43 Å². The Hall–Kier alpha value is -0.220. The van der Waals surface area contributed by atoms with E-state index < -0.39 is 12.3 Å². The van der Waals surface area contributed by atoms with Gasteiger partial charge in [-0.05, 0) is 7.05 Å². The molecule has 0 unspecified atom stereocenters. The van der Waals surface area contributed by atoms with Gasteiger partial charge < -0.3 is 10.0 Å². The summed E-state index contributed by atoms with van der Waals surface area (Å²) < 4.78 is 24.4. The first-order valence-corrected chi connectivity index (χ1v) is 3.72. The number of hydrogen-bond acceptors (Lipinski definition) is 2. The molecule has 0 aromatic rings. The summed E-state index contributed by atoms with van der Waals surface area (Å²) in [5.41, 5.74) is 0. The Morgan fingerprint density at radius 1 is 1.55 bits per heavy atom. The molecule has 4 heteroatoms. The van der Waals surface area contributed by atoms with Gasteiger partial charge in [-0.25, -0.2) is 8.78 Å². The van der Waals surface area contributed by atoms with E-state index >= 15 is 0 Å². The molecule has 2 nitrogen and oxygen atoms in total. The highest BCUT2D eigenvalue weighted by atomic mass is 19.3. The van der Waals surface area contributed by atoms with Crippen molar-refractivity contribution in [2.75, 3.05) is 26.7 Å². The Labute approximate surface area is 64.8 Å². The first kappa shape index (κ1) is 8.87. The van der Waals surface area contributed by atoms with E-state index in [2.05, 4.69) is 0 Å². The Morgan fingerprint density at radius 2 is 2.18 bits per heavy atom. The summed E-state index contributed by atoms with van der Waals surface area (Å²) in [6, 6.07) is 0. The second kappa shape index (κ2) is 3.45. The Bertz CT molecular complexity index is 132. The standard InChI is InChI=1S/C7H13F2NO/c1-10-2-5(4-11)6(3-10)7(8)9/h5-7,11H,2-4H2,1H3/t5-,6+/m0/s1. The van der Waals surface area contributed by atoms with Gasteiger partial charge in [0.2, 0.25) is 6.43 Å². The van der Waals surface area contributed by atoms with Crippen LogP contribution in [0.4, 0.5) is 8.78 Å². The van der Waals surface area contributed by atoms with Crippen LogP contribution in [0.5, 0.6) is 0 Å². The number of nitrogens with zero attached hydrogens (tertiary/aromatic N) is 1. The fraction of sp³-hybridized carbons (Fsp3) is 1.00. The third kappa shape index (κ3) is 1.87. The third-order valence-corrected chi connectivity index (χ3v) is 2.23. The molecule has 0 amide bonds. The van der Waals surface area contributed by atoms with Crippen LogP contribution in [-0.4, -0.2) is 43.2 Å². The van der Waals surface area contributed by atoms with E-state index in [0.717, 1.165) is 0 Å². The van der Waals surface area contributed by atoms with Crippen molar-refractivity contribution in [3.8, 4) is 0 Å². The van der Waals surface area contributed by atoms with Crippen molar-refractivity contribution in [1.29, 1.82) is 0 Å². The highest BCUT2D eigenvalue weighted by Gasteiger charge is 2.36. The minimum absolute atomic E-state index is 0.126. The van der Waals surface area contributed by atoms with E-state index in [-0.39, 0.29) is 12.5 Å². The van der Waals surface area contributed by atoms with Crippen LogP contribution < -0.4 is 0 Å². The van der Waals surface area contributed by atoms with Crippen molar-refractivity contribution in [3.05, 3.63) is 0 Å². The summed E-state index contributed by atoms with van der Waals surface area (Å²) in [7, 11) is 1.80. The lowest BCUT2D eigenvalue weighted by molar-refractivity contribution is 0.0464. The SMILES string of the molecule is CN1C[C@@H](CO)[C@H](C(F)F)C1. The Balaban J connectivity index is 2.50. The normalized spacial score (nSPS) is 33.5. The topological polar surface area (TPSA) is 23.5 Å². The molecule has 1 rings (SSSR count). The summed E-state index contributed by atoms with van der Waals surface area (Å²) in [6.45, 7) is 0.869. The van der Waals surface area contributed by atoms with Crippen LogP contribution in [-0.2, 0) is 0 Å². The highest BCUT2D eigenvalue weighted by Crippen LogP contribution is 2.27. The maximum atomic E-state index is 12.2. The quantitative estimate of drug-likeness (QED) is 0.641. The average Bonchev–Trinajstić information content (AvgIpc) is 2.30. The largest absolute Gasteiger partial charge is 0.396 e. The summed E-state index contributed by atoms with van der Waals surface area (Å²) >= 11 is 0. The molecule has 0 spiro atoms. The monoisotopic (exact) mass is 165 g/mol. The van der Waals surface area contributed by atoms with Gasteiger partial charge in [0.15, 0.2) is 0 Å². The number of halogens is 2. The van der Waals surface area contributed by atoms with Gasteiger partial charge in [-0.1, -0.05) is 0 Å². The van der Waals surface area contributed by atoms with E-state index in [1.54, 1.807) is 7.05 Å². The van der Waals surface area contributed by atoms with Gasteiger partial charge in [-0.2, -0.15) is 0 Å². The highest BCUT2D eigenvalue weighted by molar-refractivity contribution is 4.83. The fourth-order valence-corrected chi connectivity index (χ4v) is 1.60. The molecule has 0 aromatic carbocycles. The molecule has 1 aliphatic heterocycles. The van der Waals surface area contributed by atoms with Crippen LogP contribution >= 0.6 is 0 Å². The van der Waals surface area contributed by atoms with Crippen LogP contribution in [0, 0.1) is 11.8 Å². The number of aliphatic hydroxyl groups excluding tert-OH is 1. The maximum absolute atomic E-state index is 12.2. The van der Waals surface area contributed by atoms with E-state index in [4.69, 9.17) is 5.11 Å². The van der Waals surface area contributed by atoms with Crippen molar-refractivity contribution < 1.29 is 13.9 Å². The molecule has 1 N–H and O–H groups in total. The van der Waals surface area contributed by atoms with Gasteiger partial charge in [-0.15, -0.1) is 0 Å². The molecule has 0 aromatic heterocycles. The number of alkyl halides is 2. The molecular weight excluding hydrogens is 152 g/mol. The zero-order valence-corrected chi connectivity index (χ0v) is 6.50. The zero-order valence-electron chi connectivity index (χ0n) is 6.50. The predicted molar refractivity (Wildman–Crippen MR) is 37.6 cm³/mol. The molecule has 0 radical (unpaired) electrons. The van der Waals surface area contributed by atoms with E-state index in [1.165, 1.54) is 0 Å². The van der Waals surface area contributed by atoms with E-state index in [1.807, 2.05) is 4.90 Å². The molecule has 1 saturated heterocycles. The molecular formula is C7H13F2NO. The second-order valence-corrected chi connectivity index (χ2v) is 3.16. The molecule has 1 aliphatic rings. The average molecular weight is 165 g/mol. The first-order valence-electron chi connectivity index (χ1n) is 3.72. The molecule has 1 heterocycles. The summed E-state index contributed by atoms with van der Waals surface area (Å²) in [5, 5.41) is 8.74. The summed E-state index contributed by atoms with van der Waals surface area (Å²) in [6.07, 6.45) is -2.29. The minimum atomic E-state index is -2.29. The summed E-state index contributed by atoms with van der Waals surface area (Å²) in [5.74, 6) is -0.870. The summed E-state index contributed by atoms with van der Waals surface area (Å²) in [4.78, 5) is 1.83.